The van der Waals surface area contributed by atoms with Gasteiger partial charge in [-0.2, -0.15) is 0 Å². The normalized spacial score (nSPS) is 10.1. The number of benzene rings is 2. The number of methoxy groups -OCH3 is 1. The van der Waals surface area contributed by atoms with E-state index in [2.05, 4.69) is 10.9 Å². The highest BCUT2D eigenvalue weighted by molar-refractivity contribution is 5.99. The first-order valence-electron chi connectivity index (χ1n) is 9.35. The van der Waals surface area contributed by atoms with Crippen LogP contribution in [0.3, 0.4) is 0 Å². The van der Waals surface area contributed by atoms with Gasteiger partial charge in [0.2, 0.25) is 5.75 Å². The fourth-order valence-corrected chi connectivity index (χ4v) is 2.54. The highest BCUT2D eigenvalue weighted by Gasteiger charge is 2.19. The van der Waals surface area contributed by atoms with E-state index in [0.717, 1.165) is 0 Å². The smallest absolute Gasteiger partial charge is 0.269 e. The van der Waals surface area contributed by atoms with Crippen LogP contribution in [0.25, 0.3) is 0 Å². The fraction of sp³-hybridized carbons (Fsp3) is 0.333. The summed E-state index contributed by atoms with van der Waals surface area (Å²) >= 11 is 0. The van der Waals surface area contributed by atoms with Crippen molar-refractivity contribution < 1.29 is 28.5 Å². The number of hydrogen-bond donors (Lipinski definition) is 2. The van der Waals surface area contributed by atoms with Gasteiger partial charge in [-0.1, -0.05) is 6.07 Å². The van der Waals surface area contributed by atoms with Crippen LogP contribution >= 0.6 is 0 Å². The lowest BCUT2D eigenvalue weighted by molar-refractivity contribution is 0.0846. The summed E-state index contributed by atoms with van der Waals surface area (Å²) in [5, 5.41) is 0. The van der Waals surface area contributed by atoms with Crippen molar-refractivity contribution in [1.82, 2.24) is 10.9 Å². The molecule has 0 saturated carbocycles. The monoisotopic (exact) mass is 402 g/mol. The molecule has 0 radical (unpaired) electrons. The molecule has 2 rings (SSSR count). The SMILES string of the molecule is CCOc1cc(C(=O)NNC(=O)c2cccc(OC)c2)cc(OCC)c1OCC. The van der Waals surface area contributed by atoms with E-state index in [4.69, 9.17) is 18.9 Å². The summed E-state index contributed by atoms with van der Waals surface area (Å²) in [5.74, 6) is 0.768. The van der Waals surface area contributed by atoms with Gasteiger partial charge in [0.1, 0.15) is 5.75 Å². The molecule has 0 aliphatic carbocycles. The van der Waals surface area contributed by atoms with Crippen molar-refractivity contribution in [2.75, 3.05) is 26.9 Å². The van der Waals surface area contributed by atoms with E-state index in [9.17, 15) is 9.59 Å². The van der Waals surface area contributed by atoms with Gasteiger partial charge in [-0.15, -0.1) is 0 Å². The van der Waals surface area contributed by atoms with Crippen molar-refractivity contribution in [3.8, 4) is 23.0 Å². The molecule has 8 nitrogen and oxygen atoms in total. The maximum absolute atomic E-state index is 12.6. The third-order valence-electron chi connectivity index (χ3n) is 3.79. The topological polar surface area (TPSA) is 95.1 Å². The maximum atomic E-state index is 12.6. The Morgan fingerprint density at radius 2 is 1.34 bits per heavy atom. The first-order chi connectivity index (χ1) is 14.0. The molecule has 0 aliphatic heterocycles. The second kappa shape index (κ2) is 10.8. The standard InChI is InChI=1S/C21H26N2O6/c1-5-27-17-12-15(13-18(28-6-2)19(17)29-7-3)21(25)23-22-20(24)14-9-8-10-16(11-14)26-4/h8-13H,5-7H2,1-4H3,(H,22,24)(H,23,25). The average molecular weight is 402 g/mol. The third-order valence-corrected chi connectivity index (χ3v) is 3.79. The molecule has 0 atom stereocenters. The summed E-state index contributed by atoms with van der Waals surface area (Å²) in [5.41, 5.74) is 5.38. The number of carbonyl (C=O) groups excluding carboxylic acids is 2. The van der Waals surface area contributed by atoms with Gasteiger partial charge >= 0.3 is 0 Å². The predicted molar refractivity (Wildman–Crippen MR) is 108 cm³/mol. The van der Waals surface area contributed by atoms with Gasteiger partial charge in [0.05, 0.1) is 26.9 Å². The molecule has 156 valence electrons. The Balaban J connectivity index is 2.19. The Bertz CT molecular complexity index is 826. The summed E-state index contributed by atoms with van der Waals surface area (Å²) in [6, 6.07) is 9.68. The molecule has 2 aromatic carbocycles. The average Bonchev–Trinajstić information content (AvgIpc) is 2.74. The zero-order chi connectivity index (χ0) is 21.2. The maximum Gasteiger partial charge on any atom is 0.269 e. The van der Waals surface area contributed by atoms with Gasteiger partial charge < -0.3 is 18.9 Å². The lowest BCUT2D eigenvalue weighted by Crippen LogP contribution is -2.41. The summed E-state index contributed by atoms with van der Waals surface area (Å²) in [6.45, 7) is 6.71. The summed E-state index contributed by atoms with van der Waals surface area (Å²) < 4.78 is 21.9. The molecule has 0 unspecified atom stereocenters. The molecule has 2 N–H and O–H groups in total. The van der Waals surface area contributed by atoms with Crippen molar-refractivity contribution >= 4 is 11.8 Å². The Morgan fingerprint density at radius 3 is 1.86 bits per heavy atom. The van der Waals surface area contributed by atoms with Crippen molar-refractivity contribution in [1.29, 1.82) is 0 Å². The first-order valence-corrected chi connectivity index (χ1v) is 9.35. The van der Waals surface area contributed by atoms with Crippen LogP contribution in [0.2, 0.25) is 0 Å². The van der Waals surface area contributed by atoms with Gasteiger partial charge in [0.25, 0.3) is 11.8 Å². The molecule has 0 spiro atoms. The molecule has 2 aromatic rings. The van der Waals surface area contributed by atoms with Crippen molar-refractivity contribution in [3.63, 3.8) is 0 Å². The van der Waals surface area contributed by atoms with Crippen molar-refractivity contribution in [2.24, 2.45) is 0 Å². The van der Waals surface area contributed by atoms with Crippen LogP contribution in [0.1, 0.15) is 41.5 Å². The summed E-state index contributed by atoms with van der Waals surface area (Å²) in [4.78, 5) is 24.9. The molecule has 0 heterocycles. The molecule has 2 amide bonds. The van der Waals surface area contributed by atoms with E-state index in [1.807, 2.05) is 20.8 Å². The number of hydrogen-bond acceptors (Lipinski definition) is 6. The van der Waals surface area contributed by atoms with Crippen LogP contribution in [0.5, 0.6) is 23.0 Å². The van der Waals surface area contributed by atoms with Crippen molar-refractivity contribution in [2.45, 2.75) is 20.8 Å². The van der Waals surface area contributed by atoms with E-state index < -0.39 is 11.8 Å². The number of nitrogens with one attached hydrogen (secondary N) is 2. The number of carbonyl (C=O) groups is 2. The van der Waals surface area contributed by atoms with Crippen molar-refractivity contribution in [3.05, 3.63) is 47.5 Å². The number of rotatable bonds is 9. The Hall–Kier alpha value is -3.42. The van der Waals surface area contributed by atoms with Crippen LogP contribution in [0.4, 0.5) is 0 Å². The first kappa shape index (κ1) is 21.9. The summed E-state index contributed by atoms with van der Waals surface area (Å²) in [7, 11) is 1.51. The number of amides is 2. The van der Waals surface area contributed by atoms with E-state index in [0.29, 0.717) is 48.4 Å². The highest BCUT2D eigenvalue weighted by Crippen LogP contribution is 2.39. The highest BCUT2D eigenvalue weighted by atomic mass is 16.5. The molecular weight excluding hydrogens is 376 g/mol. The van der Waals surface area contributed by atoms with Crippen LogP contribution in [-0.2, 0) is 0 Å². The van der Waals surface area contributed by atoms with Gasteiger partial charge in [-0.3, -0.25) is 20.4 Å². The van der Waals surface area contributed by atoms with E-state index >= 15 is 0 Å². The minimum atomic E-state index is -0.522. The van der Waals surface area contributed by atoms with Gasteiger partial charge in [-0.25, -0.2) is 0 Å². The summed E-state index contributed by atoms with van der Waals surface area (Å²) in [6.07, 6.45) is 0. The zero-order valence-corrected chi connectivity index (χ0v) is 17.0. The van der Waals surface area contributed by atoms with E-state index in [1.165, 1.54) is 7.11 Å². The Labute approximate surface area is 170 Å². The largest absolute Gasteiger partial charge is 0.497 e. The number of hydrazine groups is 1. The van der Waals surface area contributed by atoms with Crippen LogP contribution in [-0.4, -0.2) is 38.7 Å². The van der Waals surface area contributed by atoms with E-state index in [1.54, 1.807) is 36.4 Å². The lowest BCUT2D eigenvalue weighted by atomic mass is 10.1. The van der Waals surface area contributed by atoms with Gasteiger partial charge in [-0.05, 0) is 51.1 Å². The predicted octanol–water partition coefficient (Wildman–Crippen LogP) is 2.97. The molecule has 0 fully saturated rings. The molecule has 0 aromatic heterocycles. The van der Waals surface area contributed by atoms with Crippen LogP contribution < -0.4 is 29.8 Å². The van der Waals surface area contributed by atoms with Gasteiger partial charge in [0, 0.05) is 11.1 Å². The molecule has 0 saturated heterocycles. The van der Waals surface area contributed by atoms with Gasteiger partial charge in [0.15, 0.2) is 11.5 Å². The Morgan fingerprint density at radius 1 is 0.793 bits per heavy atom. The zero-order valence-electron chi connectivity index (χ0n) is 17.0. The minimum Gasteiger partial charge on any atom is -0.497 e. The van der Waals surface area contributed by atoms with E-state index in [-0.39, 0.29) is 5.56 Å². The Kier molecular flexibility index (Phi) is 8.14. The molecule has 8 heteroatoms. The van der Waals surface area contributed by atoms with Crippen LogP contribution in [0, 0.1) is 0 Å². The molecule has 0 bridgehead atoms. The second-order valence-electron chi connectivity index (χ2n) is 5.74. The fourth-order valence-electron chi connectivity index (χ4n) is 2.54. The second-order valence-corrected chi connectivity index (χ2v) is 5.74. The number of ether oxygens (including phenoxy) is 4. The van der Waals surface area contributed by atoms with Crippen LogP contribution in [0.15, 0.2) is 36.4 Å². The minimum absolute atomic E-state index is 0.256. The molecule has 0 aliphatic rings. The third kappa shape index (κ3) is 5.78. The lowest BCUT2D eigenvalue weighted by Gasteiger charge is -2.17. The molecule has 29 heavy (non-hydrogen) atoms. The quantitative estimate of drug-likeness (QED) is 0.626. The molecular formula is C21H26N2O6.